The minimum absolute atomic E-state index is 0.0503. The second kappa shape index (κ2) is 4.13. The van der Waals surface area contributed by atoms with Gasteiger partial charge in [0.25, 0.3) is 0 Å². The Hall–Kier alpha value is -1.52. The van der Waals surface area contributed by atoms with E-state index in [0.717, 1.165) is 12.3 Å². The Bertz CT molecular complexity index is 331. The van der Waals surface area contributed by atoms with Crippen molar-refractivity contribution in [1.82, 2.24) is 5.43 Å². The predicted molar refractivity (Wildman–Crippen MR) is 48.1 cm³/mol. The third-order valence-electron chi connectivity index (χ3n) is 1.60. The molecule has 0 bridgehead atoms. The third-order valence-corrected chi connectivity index (χ3v) is 1.60. The fourth-order valence-electron chi connectivity index (χ4n) is 1.00. The van der Waals surface area contributed by atoms with Crippen molar-refractivity contribution in [3.8, 4) is 0 Å². The molecule has 0 radical (unpaired) electrons. The molecule has 1 aromatic carbocycles. The average Bonchev–Trinajstić information content (AvgIpc) is 2.14. The quantitative estimate of drug-likeness (QED) is 0.577. The number of benzene rings is 1. The Labute approximate surface area is 79.4 Å². The Kier molecular flexibility index (Phi) is 3.11. The van der Waals surface area contributed by atoms with Crippen LogP contribution in [0.5, 0.6) is 0 Å². The zero-order valence-electron chi connectivity index (χ0n) is 7.47. The lowest BCUT2D eigenvalue weighted by Crippen LogP contribution is -2.09. The van der Waals surface area contributed by atoms with Gasteiger partial charge in [-0.05, 0) is 6.07 Å². The first kappa shape index (κ1) is 10.6. The average molecular weight is 202 g/mol. The second-order valence-electron chi connectivity index (χ2n) is 2.57. The predicted octanol–water partition coefficient (Wildman–Crippen LogP) is 2.26. The summed E-state index contributed by atoms with van der Waals surface area (Å²) >= 11 is 0. The van der Waals surface area contributed by atoms with E-state index in [1.54, 1.807) is 0 Å². The number of hydrogen-bond donors (Lipinski definition) is 1. The smallest absolute Gasteiger partial charge is 0.313 e. The Balaban J connectivity index is 3.10. The number of hydrazone groups is 1. The third kappa shape index (κ3) is 2.48. The highest BCUT2D eigenvalue weighted by Crippen LogP contribution is 2.30. The lowest BCUT2D eigenvalue weighted by molar-refractivity contribution is -0.137. The van der Waals surface area contributed by atoms with Crippen molar-refractivity contribution < 1.29 is 13.2 Å². The van der Waals surface area contributed by atoms with Gasteiger partial charge in [0.2, 0.25) is 0 Å². The molecule has 0 fully saturated rings. The second-order valence-corrected chi connectivity index (χ2v) is 2.57. The molecule has 0 amide bonds. The van der Waals surface area contributed by atoms with Crippen LogP contribution in [0, 0.1) is 0 Å². The van der Waals surface area contributed by atoms with E-state index in [-0.39, 0.29) is 5.56 Å². The molecule has 76 valence electrons. The van der Waals surface area contributed by atoms with E-state index in [1.165, 1.54) is 25.2 Å². The SMILES string of the molecule is CN/N=C/c1ccccc1C(F)(F)F. The van der Waals surface area contributed by atoms with Gasteiger partial charge in [0.1, 0.15) is 0 Å². The maximum absolute atomic E-state index is 12.4. The van der Waals surface area contributed by atoms with E-state index >= 15 is 0 Å². The van der Waals surface area contributed by atoms with Gasteiger partial charge in [-0.25, -0.2) is 0 Å². The van der Waals surface area contributed by atoms with Gasteiger partial charge >= 0.3 is 6.18 Å². The summed E-state index contributed by atoms with van der Waals surface area (Å²) in [4.78, 5) is 0. The number of alkyl halides is 3. The van der Waals surface area contributed by atoms with E-state index in [1.807, 2.05) is 0 Å². The minimum Gasteiger partial charge on any atom is -0.313 e. The van der Waals surface area contributed by atoms with E-state index < -0.39 is 11.7 Å². The van der Waals surface area contributed by atoms with Gasteiger partial charge in [-0.2, -0.15) is 18.3 Å². The summed E-state index contributed by atoms with van der Waals surface area (Å²) in [6.45, 7) is 0. The lowest BCUT2D eigenvalue weighted by atomic mass is 10.1. The van der Waals surface area contributed by atoms with Crippen LogP contribution >= 0.6 is 0 Å². The first-order chi connectivity index (χ1) is 6.55. The first-order valence-corrected chi connectivity index (χ1v) is 3.91. The molecule has 0 atom stereocenters. The summed E-state index contributed by atoms with van der Waals surface area (Å²) < 4.78 is 37.2. The molecule has 1 N–H and O–H groups in total. The molecule has 0 saturated heterocycles. The monoisotopic (exact) mass is 202 g/mol. The molecule has 1 aromatic rings. The van der Waals surface area contributed by atoms with Crippen LogP contribution < -0.4 is 5.43 Å². The van der Waals surface area contributed by atoms with Crippen molar-refractivity contribution in [3.63, 3.8) is 0 Å². The van der Waals surface area contributed by atoms with Crippen LogP contribution in [0.4, 0.5) is 13.2 Å². The zero-order valence-corrected chi connectivity index (χ0v) is 7.47. The minimum atomic E-state index is -4.34. The molecule has 14 heavy (non-hydrogen) atoms. The Morgan fingerprint density at radius 2 is 1.93 bits per heavy atom. The molecule has 0 aliphatic carbocycles. The number of nitrogens with zero attached hydrogens (tertiary/aromatic N) is 1. The molecule has 0 spiro atoms. The van der Waals surface area contributed by atoms with Crippen molar-refractivity contribution in [2.24, 2.45) is 5.10 Å². The largest absolute Gasteiger partial charge is 0.417 e. The van der Waals surface area contributed by atoms with Crippen LogP contribution in [-0.4, -0.2) is 13.3 Å². The maximum Gasteiger partial charge on any atom is 0.417 e. The molecule has 0 aliphatic rings. The highest BCUT2D eigenvalue weighted by atomic mass is 19.4. The number of nitrogens with one attached hydrogen (secondary N) is 1. The zero-order chi connectivity index (χ0) is 10.6. The maximum atomic E-state index is 12.4. The van der Waals surface area contributed by atoms with Crippen LogP contribution in [0.3, 0.4) is 0 Å². The normalized spacial score (nSPS) is 12.0. The van der Waals surface area contributed by atoms with E-state index in [4.69, 9.17) is 0 Å². The van der Waals surface area contributed by atoms with Crippen molar-refractivity contribution in [2.75, 3.05) is 7.05 Å². The van der Waals surface area contributed by atoms with Crippen LogP contribution in [0.2, 0.25) is 0 Å². The van der Waals surface area contributed by atoms with Gasteiger partial charge < -0.3 is 5.43 Å². The number of hydrogen-bond acceptors (Lipinski definition) is 2. The van der Waals surface area contributed by atoms with Crippen LogP contribution in [-0.2, 0) is 6.18 Å². The van der Waals surface area contributed by atoms with Gasteiger partial charge in [0.15, 0.2) is 0 Å². The van der Waals surface area contributed by atoms with Crippen molar-refractivity contribution in [2.45, 2.75) is 6.18 Å². The summed E-state index contributed by atoms with van der Waals surface area (Å²) in [5.74, 6) is 0. The molecule has 1 rings (SSSR count). The topological polar surface area (TPSA) is 24.4 Å². The Morgan fingerprint density at radius 3 is 2.50 bits per heavy atom. The highest BCUT2D eigenvalue weighted by molar-refractivity contribution is 5.81. The van der Waals surface area contributed by atoms with Crippen LogP contribution in [0.15, 0.2) is 29.4 Å². The summed E-state index contributed by atoms with van der Waals surface area (Å²) in [6, 6.07) is 5.27. The van der Waals surface area contributed by atoms with E-state index in [9.17, 15) is 13.2 Å². The molecule has 0 heterocycles. The lowest BCUT2D eigenvalue weighted by Gasteiger charge is -2.08. The van der Waals surface area contributed by atoms with E-state index in [0.29, 0.717) is 0 Å². The summed E-state index contributed by atoms with van der Waals surface area (Å²) in [6.07, 6.45) is -3.20. The van der Waals surface area contributed by atoms with Gasteiger partial charge in [-0.15, -0.1) is 0 Å². The summed E-state index contributed by atoms with van der Waals surface area (Å²) in [7, 11) is 1.52. The fraction of sp³-hybridized carbons (Fsp3) is 0.222. The molecule has 2 nitrogen and oxygen atoms in total. The van der Waals surface area contributed by atoms with Gasteiger partial charge in [0, 0.05) is 12.6 Å². The standard InChI is InChI=1S/C9H9F3N2/c1-13-14-6-7-4-2-3-5-8(7)9(10,11)12/h2-6,13H,1H3/b14-6+. The molecule has 5 heteroatoms. The van der Waals surface area contributed by atoms with Crippen LogP contribution in [0.25, 0.3) is 0 Å². The highest BCUT2D eigenvalue weighted by Gasteiger charge is 2.32. The summed E-state index contributed by atoms with van der Waals surface area (Å²) in [5.41, 5.74) is 1.77. The Morgan fingerprint density at radius 1 is 1.29 bits per heavy atom. The molecule has 0 unspecified atom stereocenters. The van der Waals surface area contributed by atoms with Gasteiger partial charge in [-0.1, -0.05) is 18.2 Å². The number of rotatable bonds is 2. The first-order valence-electron chi connectivity index (χ1n) is 3.91. The molecule has 0 aromatic heterocycles. The molecular weight excluding hydrogens is 193 g/mol. The van der Waals surface area contributed by atoms with Crippen molar-refractivity contribution in [3.05, 3.63) is 35.4 Å². The molecule has 0 saturated carbocycles. The van der Waals surface area contributed by atoms with Crippen molar-refractivity contribution >= 4 is 6.21 Å². The van der Waals surface area contributed by atoms with E-state index in [2.05, 4.69) is 10.5 Å². The van der Waals surface area contributed by atoms with Gasteiger partial charge in [0.05, 0.1) is 11.8 Å². The summed E-state index contributed by atoms with van der Waals surface area (Å²) in [5, 5.41) is 3.54. The van der Waals surface area contributed by atoms with Gasteiger partial charge in [-0.3, -0.25) is 0 Å². The molecule has 0 aliphatic heterocycles. The van der Waals surface area contributed by atoms with Crippen molar-refractivity contribution in [1.29, 1.82) is 0 Å². The fourth-order valence-corrected chi connectivity index (χ4v) is 1.00. The number of halogens is 3. The molecular formula is C9H9F3N2. The van der Waals surface area contributed by atoms with Crippen LogP contribution in [0.1, 0.15) is 11.1 Å².